The molecule has 0 aromatic rings. The van der Waals surface area contributed by atoms with E-state index in [9.17, 15) is 0 Å². The SMILES string of the molecule is C/C(=C/CCC(C)C)CO. The van der Waals surface area contributed by atoms with Crippen LogP contribution < -0.4 is 0 Å². The molecule has 0 rings (SSSR count). The van der Waals surface area contributed by atoms with E-state index in [2.05, 4.69) is 19.9 Å². The summed E-state index contributed by atoms with van der Waals surface area (Å²) in [6.07, 6.45) is 4.43. The smallest absolute Gasteiger partial charge is 0.0639 e. The van der Waals surface area contributed by atoms with Crippen molar-refractivity contribution in [1.29, 1.82) is 0 Å². The van der Waals surface area contributed by atoms with Gasteiger partial charge in [-0.05, 0) is 25.7 Å². The van der Waals surface area contributed by atoms with Crippen molar-refractivity contribution in [2.24, 2.45) is 5.92 Å². The molecule has 0 aliphatic heterocycles. The fraction of sp³-hybridized carbons (Fsp3) is 0.778. The topological polar surface area (TPSA) is 20.2 Å². The van der Waals surface area contributed by atoms with Crippen molar-refractivity contribution >= 4 is 0 Å². The Hall–Kier alpha value is -0.300. The Labute approximate surface area is 63.8 Å². The van der Waals surface area contributed by atoms with Gasteiger partial charge in [-0.2, -0.15) is 0 Å². The van der Waals surface area contributed by atoms with Crippen molar-refractivity contribution in [2.45, 2.75) is 33.6 Å². The Morgan fingerprint density at radius 2 is 2.10 bits per heavy atom. The predicted octanol–water partition coefficient (Wildman–Crippen LogP) is 2.36. The van der Waals surface area contributed by atoms with E-state index in [0.717, 1.165) is 17.9 Å². The lowest BCUT2D eigenvalue weighted by atomic mass is 10.1. The summed E-state index contributed by atoms with van der Waals surface area (Å²) in [6, 6.07) is 0. The van der Waals surface area contributed by atoms with Gasteiger partial charge in [0.15, 0.2) is 0 Å². The van der Waals surface area contributed by atoms with E-state index in [1.165, 1.54) is 6.42 Å². The van der Waals surface area contributed by atoms with E-state index in [1.807, 2.05) is 6.92 Å². The first-order valence-electron chi connectivity index (χ1n) is 3.93. The molecule has 0 heterocycles. The Kier molecular flexibility index (Phi) is 5.32. The minimum absolute atomic E-state index is 0.206. The zero-order valence-electron chi connectivity index (χ0n) is 7.22. The molecule has 0 amide bonds. The minimum Gasteiger partial charge on any atom is -0.392 e. The van der Waals surface area contributed by atoms with Crippen molar-refractivity contribution in [2.75, 3.05) is 6.61 Å². The first-order valence-corrected chi connectivity index (χ1v) is 3.93. The zero-order chi connectivity index (χ0) is 7.98. The molecule has 0 saturated carbocycles. The van der Waals surface area contributed by atoms with Gasteiger partial charge in [-0.3, -0.25) is 0 Å². The standard InChI is InChI=1S/C9H18O/c1-8(2)5-4-6-9(3)7-10/h6,8,10H,4-5,7H2,1-3H3/b9-6-. The molecule has 0 bridgehead atoms. The molecule has 0 fully saturated rings. The molecule has 0 aromatic heterocycles. The van der Waals surface area contributed by atoms with Crippen LogP contribution in [-0.4, -0.2) is 11.7 Å². The van der Waals surface area contributed by atoms with Gasteiger partial charge in [0, 0.05) is 0 Å². The third-order valence-electron chi connectivity index (χ3n) is 1.49. The van der Waals surface area contributed by atoms with E-state index < -0.39 is 0 Å². The normalized spacial score (nSPS) is 12.7. The molecule has 1 N–H and O–H groups in total. The molecule has 0 spiro atoms. The lowest BCUT2D eigenvalue weighted by Crippen LogP contribution is -1.87. The van der Waals surface area contributed by atoms with Gasteiger partial charge in [0.25, 0.3) is 0 Å². The maximum absolute atomic E-state index is 8.63. The number of aliphatic hydroxyl groups is 1. The molecule has 0 saturated heterocycles. The summed E-state index contributed by atoms with van der Waals surface area (Å²) in [4.78, 5) is 0. The molecule has 0 aromatic carbocycles. The second-order valence-electron chi connectivity index (χ2n) is 3.18. The number of allylic oxidation sites excluding steroid dienone is 1. The van der Waals surface area contributed by atoms with Gasteiger partial charge >= 0.3 is 0 Å². The highest BCUT2D eigenvalue weighted by molar-refractivity contribution is 4.97. The highest BCUT2D eigenvalue weighted by atomic mass is 16.3. The summed E-state index contributed by atoms with van der Waals surface area (Å²) in [5.74, 6) is 0.766. The average molecular weight is 142 g/mol. The van der Waals surface area contributed by atoms with E-state index in [1.54, 1.807) is 0 Å². The second kappa shape index (κ2) is 5.48. The van der Waals surface area contributed by atoms with Gasteiger partial charge in [-0.15, -0.1) is 0 Å². The van der Waals surface area contributed by atoms with Gasteiger partial charge in [0.05, 0.1) is 6.61 Å². The average Bonchev–Trinajstić information content (AvgIpc) is 1.87. The summed E-state index contributed by atoms with van der Waals surface area (Å²) >= 11 is 0. The van der Waals surface area contributed by atoms with Crippen LogP contribution >= 0.6 is 0 Å². The molecule has 0 aliphatic carbocycles. The minimum atomic E-state index is 0.206. The summed E-state index contributed by atoms with van der Waals surface area (Å²) in [6.45, 7) is 6.59. The van der Waals surface area contributed by atoms with Crippen LogP contribution in [0.4, 0.5) is 0 Å². The number of hydrogen-bond acceptors (Lipinski definition) is 1. The monoisotopic (exact) mass is 142 g/mol. The Balaban J connectivity index is 3.34. The van der Waals surface area contributed by atoms with Crippen LogP contribution in [0.5, 0.6) is 0 Å². The van der Waals surface area contributed by atoms with Gasteiger partial charge in [-0.1, -0.05) is 25.5 Å². The van der Waals surface area contributed by atoms with Crippen LogP contribution in [0.3, 0.4) is 0 Å². The van der Waals surface area contributed by atoms with Gasteiger partial charge in [-0.25, -0.2) is 0 Å². The number of rotatable bonds is 4. The summed E-state index contributed by atoms with van der Waals surface area (Å²) < 4.78 is 0. The number of aliphatic hydroxyl groups excluding tert-OH is 1. The lowest BCUT2D eigenvalue weighted by Gasteiger charge is -2.00. The number of hydrogen-bond donors (Lipinski definition) is 1. The first kappa shape index (κ1) is 9.70. The van der Waals surface area contributed by atoms with Crippen LogP contribution in [0.25, 0.3) is 0 Å². The van der Waals surface area contributed by atoms with Crippen LogP contribution in [-0.2, 0) is 0 Å². The van der Waals surface area contributed by atoms with Crippen molar-refractivity contribution in [3.8, 4) is 0 Å². The molecule has 1 heteroatoms. The maximum atomic E-state index is 8.63. The van der Waals surface area contributed by atoms with Gasteiger partial charge in [0.1, 0.15) is 0 Å². The van der Waals surface area contributed by atoms with E-state index in [0.29, 0.717) is 0 Å². The van der Waals surface area contributed by atoms with E-state index >= 15 is 0 Å². The Morgan fingerprint density at radius 1 is 1.50 bits per heavy atom. The summed E-state index contributed by atoms with van der Waals surface area (Å²) in [7, 11) is 0. The third-order valence-corrected chi connectivity index (χ3v) is 1.49. The maximum Gasteiger partial charge on any atom is 0.0639 e. The van der Waals surface area contributed by atoms with Crippen LogP contribution in [0.2, 0.25) is 0 Å². The largest absolute Gasteiger partial charge is 0.392 e. The van der Waals surface area contributed by atoms with Crippen molar-refractivity contribution in [3.05, 3.63) is 11.6 Å². The predicted molar refractivity (Wildman–Crippen MR) is 44.9 cm³/mol. The molecule has 0 radical (unpaired) electrons. The van der Waals surface area contributed by atoms with Crippen LogP contribution in [0.1, 0.15) is 33.6 Å². The molecule has 1 nitrogen and oxygen atoms in total. The highest BCUT2D eigenvalue weighted by Crippen LogP contribution is 2.05. The van der Waals surface area contributed by atoms with Crippen LogP contribution in [0.15, 0.2) is 11.6 Å². The molecule has 0 atom stereocenters. The Morgan fingerprint density at radius 3 is 2.50 bits per heavy atom. The van der Waals surface area contributed by atoms with Crippen molar-refractivity contribution in [1.82, 2.24) is 0 Å². The van der Waals surface area contributed by atoms with E-state index in [4.69, 9.17) is 5.11 Å². The zero-order valence-corrected chi connectivity index (χ0v) is 7.22. The van der Waals surface area contributed by atoms with Gasteiger partial charge in [0.2, 0.25) is 0 Å². The molecule has 10 heavy (non-hydrogen) atoms. The molecule has 60 valence electrons. The Bertz CT molecular complexity index is 103. The summed E-state index contributed by atoms with van der Waals surface area (Å²) in [5, 5.41) is 8.63. The van der Waals surface area contributed by atoms with E-state index in [-0.39, 0.29) is 6.61 Å². The molecular formula is C9H18O. The highest BCUT2D eigenvalue weighted by Gasteiger charge is 1.90. The van der Waals surface area contributed by atoms with Gasteiger partial charge < -0.3 is 5.11 Å². The molecule has 0 unspecified atom stereocenters. The van der Waals surface area contributed by atoms with Crippen molar-refractivity contribution < 1.29 is 5.11 Å². The fourth-order valence-corrected chi connectivity index (χ4v) is 0.728. The van der Waals surface area contributed by atoms with Crippen LogP contribution in [0, 0.1) is 5.92 Å². The lowest BCUT2D eigenvalue weighted by molar-refractivity contribution is 0.330. The van der Waals surface area contributed by atoms with Crippen molar-refractivity contribution in [3.63, 3.8) is 0 Å². The summed E-state index contributed by atoms with van der Waals surface area (Å²) in [5.41, 5.74) is 1.08. The fourth-order valence-electron chi connectivity index (χ4n) is 0.728. The first-order chi connectivity index (χ1) is 4.66. The third kappa shape index (κ3) is 5.83. The molecular weight excluding hydrogens is 124 g/mol. The second-order valence-corrected chi connectivity index (χ2v) is 3.18. The quantitative estimate of drug-likeness (QED) is 0.597. The molecule has 0 aliphatic rings.